The first-order valence-corrected chi connectivity index (χ1v) is 15.9. The number of hydrogen-bond acceptors (Lipinski definition) is 5. The number of para-hydroxylation sites is 1. The van der Waals surface area contributed by atoms with Gasteiger partial charge in [0.2, 0.25) is 5.91 Å². The Balaban J connectivity index is 0.00000252. The van der Waals surface area contributed by atoms with Crippen molar-refractivity contribution in [2.24, 2.45) is 23.5 Å². The van der Waals surface area contributed by atoms with Gasteiger partial charge in [-0.3, -0.25) is 14.8 Å². The molecule has 0 fully saturated rings. The normalized spacial score (nSPS) is 17.1. The third kappa shape index (κ3) is 10.5. The average molecular weight is 629 g/mol. The second-order valence-electron chi connectivity index (χ2n) is 13.6. The van der Waals surface area contributed by atoms with Crippen molar-refractivity contribution in [3.05, 3.63) is 108 Å². The quantitative estimate of drug-likeness (QED) is 0.0718. The Morgan fingerprint density at radius 2 is 1.76 bits per heavy atom. The molecule has 1 amide bonds. The summed E-state index contributed by atoms with van der Waals surface area (Å²) in [4.78, 5) is 31.8. The number of nitrogens with one attached hydrogen (secondary N) is 1. The highest BCUT2D eigenvalue weighted by molar-refractivity contribution is 6.08. The number of Topliss-reactive ketones (excluding diaryl/α,β-unsaturated/α-hetero) is 1. The summed E-state index contributed by atoms with van der Waals surface area (Å²) in [6, 6.07) is 15.6. The van der Waals surface area contributed by atoms with Crippen molar-refractivity contribution in [1.29, 1.82) is 0 Å². The minimum Gasteiger partial charge on any atom is -0.325 e. The van der Waals surface area contributed by atoms with E-state index >= 15 is 0 Å². The number of aryl methyl sites for hydroxylation is 1. The largest absolute Gasteiger partial charge is 0.325 e. The molecule has 0 aliphatic carbocycles. The van der Waals surface area contributed by atoms with Crippen LogP contribution in [0.25, 0.3) is 0 Å². The molecule has 0 unspecified atom stereocenters. The van der Waals surface area contributed by atoms with Gasteiger partial charge < -0.3 is 11.1 Å². The number of ketones is 1. The van der Waals surface area contributed by atoms with Gasteiger partial charge in [0.05, 0.1) is 11.0 Å². The predicted octanol–water partition coefficient (Wildman–Crippen LogP) is 8.63. The van der Waals surface area contributed by atoms with Crippen LogP contribution in [0.5, 0.6) is 0 Å². The van der Waals surface area contributed by atoms with Gasteiger partial charge in [-0.05, 0) is 93.7 Å². The standard InChI is InChI=1S/C36H42N2O2.C4H10O2.2H2/c1-8-10-13-26(6)22-36(31-14-11-12-15-32(31)38-35(36)40)23-27(7)34(39)30(20-28-18-16-25(5)17-19-28)21-29(9-2)33(37)24(3)4;1-4(2,3)6-5;;/h8,11-12,14-19,24,26,30,33H,1-2,7,20-23,37H2,3-6H3,(H,38,40);5H,1-3H3;2*1H/t26-,30-,33+,36+;;;/m1.../s1. The molecule has 0 radical (unpaired) electrons. The fourth-order valence-corrected chi connectivity index (χ4v) is 5.60. The van der Waals surface area contributed by atoms with Gasteiger partial charge in [-0.2, -0.15) is 0 Å². The Bertz CT molecular complexity index is 1510. The molecule has 3 rings (SSSR count). The molecule has 0 saturated carbocycles. The number of hydrogen-bond donors (Lipinski definition) is 3. The van der Waals surface area contributed by atoms with Gasteiger partial charge in [0.1, 0.15) is 0 Å². The second kappa shape index (κ2) is 17.1. The van der Waals surface area contributed by atoms with Crippen molar-refractivity contribution in [2.75, 3.05) is 5.32 Å². The first-order chi connectivity index (χ1) is 21.6. The number of anilines is 1. The molecule has 2 aromatic rings. The van der Waals surface area contributed by atoms with Crippen molar-refractivity contribution in [3.63, 3.8) is 0 Å². The van der Waals surface area contributed by atoms with E-state index in [4.69, 9.17) is 11.0 Å². The summed E-state index contributed by atoms with van der Waals surface area (Å²) in [5.41, 5.74) is 13.3. The molecule has 1 aliphatic heterocycles. The molecular weight excluding hydrogens is 572 g/mol. The minimum atomic E-state index is -0.946. The molecule has 250 valence electrons. The Kier molecular flexibility index (Phi) is 14.2. The molecule has 0 aromatic heterocycles. The summed E-state index contributed by atoms with van der Waals surface area (Å²) in [5, 5.41) is 10.9. The summed E-state index contributed by atoms with van der Waals surface area (Å²) in [5.74, 6) is 5.57. The SMILES string of the molecule is C=C=C(C[C@@H](Cc1ccc(C)cc1)C(=O)C(=C)C[C@]1(C[C@H](C)C#CC=C)C(=O)Nc2ccccc21)[C@@H](N)C(C)C.CC(C)(C)OO.[HH].[HH]. The molecule has 0 bridgehead atoms. The lowest BCUT2D eigenvalue weighted by molar-refractivity contribution is -0.306. The van der Waals surface area contributed by atoms with Gasteiger partial charge in [0, 0.05) is 26.4 Å². The van der Waals surface area contributed by atoms with Gasteiger partial charge in [-0.25, -0.2) is 4.89 Å². The van der Waals surface area contributed by atoms with Crippen LogP contribution >= 0.6 is 0 Å². The maximum absolute atomic E-state index is 14.2. The lowest BCUT2D eigenvalue weighted by Crippen LogP contribution is -2.38. The zero-order valence-corrected chi connectivity index (χ0v) is 28.7. The van der Waals surface area contributed by atoms with Crippen LogP contribution in [0.15, 0.2) is 91.2 Å². The van der Waals surface area contributed by atoms with Crippen LogP contribution < -0.4 is 11.1 Å². The zero-order valence-electron chi connectivity index (χ0n) is 28.7. The Hall–Kier alpha value is -3.98. The number of rotatable bonds is 12. The lowest BCUT2D eigenvalue weighted by Gasteiger charge is -2.31. The summed E-state index contributed by atoms with van der Waals surface area (Å²) >= 11 is 0. The van der Waals surface area contributed by atoms with Crippen molar-refractivity contribution in [2.45, 2.75) is 91.2 Å². The van der Waals surface area contributed by atoms with E-state index in [0.717, 1.165) is 28.0 Å². The Morgan fingerprint density at radius 1 is 1.15 bits per heavy atom. The summed E-state index contributed by atoms with van der Waals surface area (Å²) < 4.78 is 0. The number of carbonyl (C=O) groups is 2. The first-order valence-electron chi connectivity index (χ1n) is 15.9. The van der Waals surface area contributed by atoms with Crippen molar-refractivity contribution in [1.82, 2.24) is 0 Å². The highest BCUT2D eigenvalue weighted by atomic mass is 17.1. The molecular formula is C40H56N2O4. The monoisotopic (exact) mass is 628 g/mol. The minimum absolute atomic E-state index is 0. The number of fused-ring (bicyclic) bond motifs is 1. The molecule has 0 spiro atoms. The van der Waals surface area contributed by atoms with Gasteiger partial charge in [-0.15, -0.1) is 5.73 Å². The van der Waals surface area contributed by atoms with Crippen LogP contribution in [0.1, 0.15) is 80.3 Å². The molecule has 4 atom stereocenters. The summed E-state index contributed by atoms with van der Waals surface area (Å²) in [7, 11) is 0. The fourth-order valence-electron chi connectivity index (χ4n) is 5.60. The predicted molar refractivity (Wildman–Crippen MR) is 193 cm³/mol. The molecule has 1 aliphatic rings. The molecule has 4 N–H and O–H groups in total. The van der Waals surface area contributed by atoms with Crippen molar-refractivity contribution in [3.8, 4) is 11.8 Å². The Labute approximate surface area is 279 Å². The average Bonchev–Trinajstić information content (AvgIpc) is 3.28. The van der Waals surface area contributed by atoms with Gasteiger partial charge in [-0.1, -0.05) is 100 Å². The van der Waals surface area contributed by atoms with E-state index in [1.807, 2.05) is 52.0 Å². The highest BCUT2D eigenvalue weighted by Gasteiger charge is 2.48. The van der Waals surface area contributed by atoms with E-state index in [1.165, 1.54) is 0 Å². The summed E-state index contributed by atoms with van der Waals surface area (Å²) in [6.07, 6.45) is 3.19. The number of benzene rings is 2. The summed E-state index contributed by atoms with van der Waals surface area (Å²) in [6.45, 7) is 25.3. The maximum Gasteiger partial charge on any atom is 0.235 e. The molecule has 2 aromatic carbocycles. The van der Waals surface area contributed by atoms with Crippen LogP contribution in [-0.4, -0.2) is 28.6 Å². The Morgan fingerprint density at radius 3 is 2.30 bits per heavy atom. The van der Waals surface area contributed by atoms with E-state index < -0.39 is 16.9 Å². The number of nitrogens with two attached hydrogens (primary N) is 1. The van der Waals surface area contributed by atoms with Crippen LogP contribution in [0.3, 0.4) is 0 Å². The van der Waals surface area contributed by atoms with Crippen LogP contribution in [0, 0.1) is 36.5 Å². The molecule has 6 nitrogen and oxygen atoms in total. The lowest BCUT2D eigenvalue weighted by atomic mass is 9.69. The van der Waals surface area contributed by atoms with Gasteiger partial charge in [0.15, 0.2) is 5.78 Å². The number of allylic oxidation sites excluding steroid dienone is 2. The molecule has 0 saturated heterocycles. The van der Waals surface area contributed by atoms with Gasteiger partial charge in [0.25, 0.3) is 0 Å². The van der Waals surface area contributed by atoms with Crippen LogP contribution in [0.2, 0.25) is 0 Å². The zero-order chi connectivity index (χ0) is 34.7. The first kappa shape index (κ1) is 38.2. The van der Waals surface area contributed by atoms with Crippen LogP contribution in [0.4, 0.5) is 5.69 Å². The van der Waals surface area contributed by atoms with Gasteiger partial charge >= 0.3 is 0 Å². The maximum atomic E-state index is 14.2. The van der Waals surface area contributed by atoms with E-state index in [9.17, 15) is 9.59 Å². The fraction of sp³-hybridized carbons (Fsp3) is 0.425. The molecule has 1 heterocycles. The number of carbonyl (C=O) groups excluding carboxylic acids is 2. The smallest absolute Gasteiger partial charge is 0.235 e. The highest BCUT2D eigenvalue weighted by Crippen LogP contribution is 2.46. The molecule has 46 heavy (non-hydrogen) atoms. The topological polar surface area (TPSA) is 102 Å². The van der Waals surface area contributed by atoms with Crippen molar-refractivity contribution < 1.29 is 22.6 Å². The van der Waals surface area contributed by atoms with E-state index in [1.54, 1.807) is 26.8 Å². The number of amides is 1. The van der Waals surface area contributed by atoms with Crippen molar-refractivity contribution >= 4 is 17.4 Å². The van der Waals surface area contributed by atoms with E-state index in [2.05, 4.69) is 71.8 Å². The third-order valence-electron chi connectivity index (χ3n) is 8.14. The molecule has 6 heteroatoms. The second-order valence-corrected chi connectivity index (χ2v) is 13.6. The van der Waals surface area contributed by atoms with E-state index in [0.29, 0.717) is 24.8 Å². The van der Waals surface area contributed by atoms with Crippen LogP contribution in [-0.2, 0) is 26.3 Å². The van der Waals surface area contributed by atoms with E-state index in [-0.39, 0.29) is 38.8 Å². The third-order valence-corrected chi connectivity index (χ3v) is 8.14.